The van der Waals surface area contributed by atoms with Crippen LogP contribution < -0.4 is 5.32 Å². The lowest BCUT2D eigenvalue weighted by Crippen LogP contribution is -2.05. The molecule has 0 bridgehead atoms. The van der Waals surface area contributed by atoms with Crippen LogP contribution in [0, 0.1) is 6.92 Å². The molecule has 0 fully saturated rings. The highest BCUT2D eigenvalue weighted by Gasteiger charge is 2.08. The van der Waals surface area contributed by atoms with Gasteiger partial charge in [-0.1, -0.05) is 41.6 Å². The minimum Gasteiger partial charge on any atom is -0.316 e. The highest BCUT2D eigenvalue weighted by molar-refractivity contribution is 7.99. The Bertz CT molecular complexity index is 731. The van der Waals surface area contributed by atoms with Gasteiger partial charge in [0.15, 0.2) is 0 Å². The van der Waals surface area contributed by atoms with Crippen molar-refractivity contribution in [1.82, 2.24) is 5.32 Å². The van der Waals surface area contributed by atoms with Gasteiger partial charge >= 0.3 is 0 Å². The number of thiophene rings is 1. The predicted octanol–water partition coefficient (Wildman–Crippen LogP) is 5.08. The van der Waals surface area contributed by atoms with Crippen LogP contribution in [0.3, 0.4) is 0 Å². The van der Waals surface area contributed by atoms with E-state index in [2.05, 4.69) is 60.1 Å². The molecular formula is C17H17NS2. The Morgan fingerprint density at radius 1 is 1.10 bits per heavy atom. The molecule has 0 aliphatic carbocycles. The molecule has 2 aromatic carbocycles. The summed E-state index contributed by atoms with van der Waals surface area (Å²) >= 11 is 3.69. The zero-order valence-corrected chi connectivity index (χ0v) is 13.3. The van der Waals surface area contributed by atoms with Gasteiger partial charge in [0, 0.05) is 31.8 Å². The Hall–Kier alpha value is -1.29. The van der Waals surface area contributed by atoms with Gasteiger partial charge in [0.05, 0.1) is 0 Å². The van der Waals surface area contributed by atoms with Crippen molar-refractivity contribution < 1.29 is 0 Å². The third kappa shape index (κ3) is 2.75. The molecular weight excluding hydrogens is 282 g/mol. The molecule has 1 aromatic heterocycles. The Kier molecular flexibility index (Phi) is 4.10. The Balaban J connectivity index is 1.99. The van der Waals surface area contributed by atoms with Crippen LogP contribution in [-0.2, 0) is 6.54 Å². The zero-order valence-electron chi connectivity index (χ0n) is 11.6. The number of hydrogen-bond donors (Lipinski definition) is 1. The van der Waals surface area contributed by atoms with E-state index >= 15 is 0 Å². The van der Waals surface area contributed by atoms with Crippen LogP contribution in [0.4, 0.5) is 0 Å². The van der Waals surface area contributed by atoms with Gasteiger partial charge < -0.3 is 5.32 Å². The Morgan fingerprint density at radius 2 is 1.95 bits per heavy atom. The second-order valence-corrected chi connectivity index (χ2v) is 6.83. The Morgan fingerprint density at radius 3 is 2.80 bits per heavy atom. The van der Waals surface area contributed by atoms with Gasteiger partial charge in [-0.2, -0.15) is 0 Å². The molecule has 1 N–H and O–H groups in total. The molecule has 3 aromatic rings. The van der Waals surface area contributed by atoms with E-state index in [9.17, 15) is 0 Å². The summed E-state index contributed by atoms with van der Waals surface area (Å²) in [5, 5.41) is 6.88. The lowest BCUT2D eigenvalue weighted by molar-refractivity contribution is 0.803. The fraction of sp³-hybridized carbons (Fsp3) is 0.176. The van der Waals surface area contributed by atoms with E-state index in [0.29, 0.717) is 0 Å². The minimum atomic E-state index is 0.907. The maximum atomic E-state index is 3.24. The SMILES string of the molecule is CNCc1ccccc1Sc1csc2ccc(C)cc12. The molecule has 0 unspecified atom stereocenters. The van der Waals surface area contributed by atoms with Gasteiger partial charge in [0.1, 0.15) is 0 Å². The summed E-state index contributed by atoms with van der Waals surface area (Å²) in [7, 11) is 1.99. The molecule has 102 valence electrons. The molecule has 0 saturated carbocycles. The van der Waals surface area contributed by atoms with Gasteiger partial charge in [0.25, 0.3) is 0 Å². The third-order valence-corrected chi connectivity index (χ3v) is 5.54. The first-order valence-corrected chi connectivity index (χ1v) is 8.36. The van der Waals surface area contributed by atoms with E-state index in [1.165, 1.54) is 31.0 Å². The average Bonchev–Trinajstić information content (AvgIpc) is 2.84. The summed E-state index contributed by atoms with van der Waals surface area (Å²) in [4.78, 5) is 2.69. The molecule has 0 aliphatic rings. The van der Waals surface area contributed by atoms with Crippen LogP contribution >= 0.6 is 23.1 Å². The zero-order chi connectivity index (χ0) is 13.9. The molecule has 20 heavy (non-hydrogen) atoms. The van der Waals surface area contributed by atoms with Crippen molar-refractivity contribution in [1.29, 1.82) is 0 Å². The monoisotopic (exact) mass is 299 g/mol. The smallest absolute Gasteiger partial charge is 0.0354 e. The molecule has 0 radical (unpaired) electrons. The molecule has 0 saturated heterocycles. The van der Waals surface area contributed by atoms with Crippen LogP contribution in [0.15, 0.2) is 57.6 Å². The molecule has 1 nitrogen and oxygen atoms in total. The van der Waals surface area contributed by atoms with E-state index in [4.69, 9.17) is 0 Å². The molecule has 0 atom stereocenters. The fourth-order valence-corrected chi connectivity index (χ4v) is 4.40. The maximum absolute atomic E-state index is 3.24. The van der Waals surface area contributed by atoms with Crippen molar-refractivity contribution >= 4 is 33.2 Å². The van der Waals surface area contributed by atoms with E-state index in [1.54, 1.807) is 0 Å². The quantitative estimate of drug-likeness (QED) is 0.721. The summed E-state index contributed by atoms with van der Waals surface area (Å²) in [6, 6.07) is 15.3. The summed E-state index contributed by atoms with van der Waals surface area (Å²) in [6.45, 7) is 3.06. The van der Waals surface area contributed by atoms with Crippen molar-refractivity contribution in [2.75, 3.05) is 7.05 Å². The van der Waals surface area contributed by atoms with Crippen LogP contribution in [0.25, 0.3) is 10.1 Å². The van der Waals surface area contributed by atoms with Crippen LogP contribution in [0.5, 0.6) is 0 Å². The van der Waals surface area contributed by atoms with Crippen LogP contribution in [0.2, 0.25) is 0 Å². The van der Waals surface area contributed by atoms with Gasteiger partial charge in [-0.25, -0.2) is 0 Å². The van der Waals surface area contributed by atoms with Crippen molar-refractivity contribution in [3.05, 3.63) is 59.0 Å². The first-order valence-electron chi connectivity index (χ1n) is 6.66. The first kappa shape index (κ1) is 13.7. The number of rotatable bonds is 4. The number of hydrogen-bond acceptors (Lipinski definition) is 3. The number of fused-ring (bicyclic) bond motifs is 1. The van der Waals surface area contributed by atoms with Crippen molar-refractivity contribution in [3.8, 4) is 0 Å². The standard InChI is InChI=1S/C17H17NS2/c1-12-7-8-16-14(9-12)17(11-19-16)20-15-6-4-3-5-13(15)10-18-2/h3-9,11,18H,10H2,1-2H3. The normalized spacial score (nSPS) is 11.1. The first-order chi connectivity index (χ1) is 9.78. The molecule has 1 heterocycles. The molecule has 0 amide bonds. The topological polar surface area (TPSA) is 12.0 Å². The Labute approximate surface area is 128 Å². The average molecular weight is 299 g/mol. The summed E-state index contributed by atoms with van der Waals surface area (Å²) in [5.41, 5.74) is 2.67. The van der Waals surface area contributed by atoms with Crippen LogP contribution in [0.1, 0.15) is 11.1 Å². The number of benzene rings is 2. The summed E-state index contributed by atoms with van der Waals surface area (Å²) in [5.74, 6) is 0. The fourth-order valence-electron chi connectivity index (χ4n) is 2.26. The van der Waals surface area contributed by atoms with Gasteiger partial charge in [-0.15, -0.1) is 11.3 Å². The minimum absolute atomic E-state index is 0.907. The van der Waals surface area contributed by atoms with E-state index in [1.807, 2.05) is 30.1 Å². The molecule has 0 spiro atoms. The largest absolute Gasteiger partial charge is 0.316 e. The van der Waals surface area contributed by atoms with Crippen molar-refractivity contribution in [2.24, 2.45) is 0 Å². The highest BCUT2D eigenvalue weighted by atomic mass is 32.2. The van der Waals surface area contributed by atoms with Crippen molar-refractivity contribution in [3.63, 3.8) is 0 Å². The molecule has 3 rings (SSSR count). The maximum Gasteiger partial charge on any atom is 0.0354 e. The number of nitrogens with one attached hydrogen (secondary N) is 1. The predicted molar refractivity (Wildman–Crippen MR) is 89.9 cm³/mol. The highest BCUT2D eigenvalue weighted by Crippen LogP contribution is 2.39. The molecule has 3 heteroatoms. The third-order valence-electron chi connectivity index (χ3n) is 3.25. The van der Waals surface area contributed by atoms with E-state index in [0.717, 1.165) is 6.54 Å². The van der Waals surface area contributed by atoms with Gasteiger partial charge in [-0.05, 0) is 37.7 Å². The summed E-state index contributed by atoms with van der Waals surface area (Å²) < 4.78 is 1.36. The lowest BCUT2D eigenvalue weighted by atomic mass is 10.2. The van der Waals surface area contributed by atoms with Crippen LogP contribution in [-0.4, -0.2) is 7.05 Å². The lowest BCUT2D eigenvalue weighted by Gasteiger charge is -2.08. The second kappa shape index (κ2) is 6.00. The second-order valence-electron chi connectivity index (χ2n) is 4.84. The van der Waals surface area contributed by atoms with E-state index < -0.39 is 0 Å². The van der Waals surface area contributed by atoms with Gasteiger partial charge in [0.2, 0.25) is 0 Å². The van der Waals surface area contributed by atoms with E-state index in [-0.39, 0.29) is 0 Å². The summed E-state index contributed by atoms with van der Waals surface area (Å²) in [6.07, 6.45) is 0. The molecule has 0 aliphatic heterocycles. The van der Waals surface area contributed by atoms with Crippen molar-refractivity contribution in [2.45, 2.75) is 23.3 Å². The number of aryl methyl sites for hydroxylation is 1. The van der Waals surface area contributed by atoms with Gasteiger partial charge in [-0.3, -0.25) is 0 Å².